The van der Waals surface area contributed by atoms with Crippen molar-refractivity contribution in [1.82, 2.24) is 0 Å². The normalized spacial score (nSPS) is 10.4. The van der Waals surface area contributed by atoms with Crippen molar-refractivity contribution in [3.63, 3.8) is 0 Å². The minimum atomic E-state index is 0.0251. The van der Waals surface area contributed by atoms with Crippen LogP contribution in [0.2, 0.25) is 0 Å². The van der Waals surface area contributed by atoms with Gasteiger partial charge >= 0.3 is 0 Å². The van der Waals surface area contributed by atoms with E-state index in [1.165, 1.54) is 11.3 Å². The van der Waals surface area contributed by atoms with Gasteiger partial charge in [0.05, 0.1) is 16.5 Å². The van der Waals surface area contributed by atoms with E-state index in [2.05, 4.69) is 31.9 Å². The molecule has 0 unspecified atom stereocenters. The molecule has 2 nitrogen and oxygen atoms in total. The van der Waals surface area contributed by atoms with Gasteiger partial charge < -0.3 is 4.74 Å². The summed E-state index contributed by atoms with van der Waals surface area (Å²) in [5.74, 6) is 0.743. The average Bonchev–Trinajstić information content (AvgIpc) is 2.68. The van der Waals surface area contributed by atoms with E-state index in [0.717, 1.165) is 24.4 Å². The van der Waals surface area contributed by atoms with Gasteiger partial charge in [-0.25, -0.2) is 0 Å². The Balaban J connectivity index is 2.37. The lowest BCUT2D eigenvalue weighted by molar-refractivity contribution is 0.104. The maximum atomic E-state index is 12.3. The third-order valence-electron chi connectivity index (χ3n) is 2.49. The number of aryl methyl sites for hydroxylation is 1. The van der Waals surface area contributed by atoms with E-state index in [1.54, 1.807) is 25.3 Å². The average molecular weight is 390 g/mol. The van der Waals surface area contributed by atoms with Gasteiger partial charge in [-0.2, -0.15) is 0 Å². The molecule has 0 radical (unpaired) electrons. The standard InChI is InChI=1S/C13H10Br2O2S/c1-7-9(14)6-12(18-7)13(16)8-3-4-11(17-2)10(15)5-8/h3-6H,1-2H3. The molecule has 1 heterocycles. The van der Waals surface area contributed by atoms with E-state index >= 15 is 0 Å². The Hall–Kier alpha value is -0.650. The highest BCUT2D eigenvalue weighted by atomic mass is 79.9. The second kappa shape index (κ2) is 5.55. The molecule has 0 saturated carbocycles. The first kappa shape index (κ1) is 13.8. The minimum Gasteiger partial charge on any atom is -0.496 e. The SMILES string of the molecule is COc1ccc(C(=O)c2cc(Br)c(C)s2)cc1Br. The summed E-state index contributed by atoms with van der Waals surface area (Å²) < 4.78 is 6.90. The molecule has 94 valence electrons. The van der Waals surface area contributed by atoms with Gasteiger partial charge in [-0.3, -0.25) is 4.79 Å². The van der Waals surface area contributed by atoms with Gasteiger partial charge in [-0.05, 0) is 63.0 Å². The largest absolute Gasteiger partial charge is 0.496 e. The fourth-order valence-corrected chi connectivity index (χ4v) is 3.56. The van der Waals surface area contributed by atoms with Crippen LogP contribution in [-0.4, -0.2) is 12.9 Å². The highest BCUT2D eigenvalue weighted by Crippen LogP contribution is 2.30. The zero-order valence-corrected chi connectivity index (χ0v) is 13.8. The van der Waals surface area contributed by atoms with Crippen LogP contribution in [-0.2, 0) is 0 Å². The molecule has 2 aromatic rings. The number of hydrogen-bond donors (Lipinski definition) is 0. The fourth-order valence-electron chi connectivity index (χ4n) is 1.52. The van der Waals surface area contributed by atoms with Gasteiger partial charge in [0.15, 0.2) is 0 Å². The number of thiophene rings is 1. The van der Waals surface area contributed by atoms with Crippen LogP contribution in [0.25, 0.3) is 0 Å². The first-order chi connectivity index (χ1) is 8.52. The van der Waals surface area contributed by atoms with Gasteiger partial charge in [-0.1, -0.05) is 0 Å². The van der Waals surface area contributed by atoms with Crippen molar-refractivity contribution in [2.45, 2.75) is 6.92 Å². The summed E-state index contributed by atoms with van der Waals surface area (Å²) in [7, 11) is 1.60. The first-order valence-corrected chi connectivity index (χ1v) is 7.57. The number of methoxy groups -OCH3 is 1. The number of ether oxygens (including phenoxy) is 1. The smallest absolute Gasteiger partial charge is 0.203 e. The van der Waals surface area contributed by atoms with Crippen LogP contribution in [0.3, 0.4) is 0 Å². The molecule has 0 atom stereocenters. The van der Waals surface area contributed by atoms with Crippen molar-refractivity contribution in [1.29, 1.82) is 0 Å². The van der Waals surface area contributed by atoms with Crippen molar-refractivity contribution in [3.05, 3.63) is 48.5 Å². The predicted molar refractivity (Wildman–Crippen MR) is 80.9 cm³/mol. The summed E-state index contributed by atoms with van der Waals surface area (Å²) >= 11 is 8.30. The van der Waals surface area contributed by atoms with Crippen molar-refractivity contribution in [2.24, 2.45) is 0 Å². The van der Waals surface area contributed by atoms with Gasteiger partial charge in [0.1, 0.15) is 5.75 Å². The Morgan fingerprint density at radius 3 is 2.44 bits per heavy atom. The van der Waals surface area contributed by atoms with E-state index in [-0.39, 0.29) is 5.78 Å². The van der Waals surface area contributed by atoms with Crippen molar-refractivity contribution in [2.75, 3.05) is 7.11 Å². The third-order valence-corrected chi connectivity index (χ3v) is 5.25. The van der Waals surface area contributed by atoms with Crippen LogP contribution >= 0.6 is 43.2 Å². The zero-order chi connectivity index (χ0) is 13.3. The van der Waals surface area contributed by atoms with Gasteiger partial charge in [0.25, 0.3) is 0 Å². The maximum Gasteiger partial charge on any atom is 0.203 e. The summed E-state index contributed by atoms with van der Waals surface area (Å²) in [4.78, 5) is 14.1. The van der Waals surface area contributed by atoms with E-state index in [4.69, 9.17) is 4.74 Å². The molecule has 18 heavy (non-hydrogen) atoms. The summed E-state index contributed by atoms with van der Waals surface area (Å²) in [6.07, 6.45) is 0. The van der Waals surface area contributed by atoms with Crippen LogP contribution in [0.15, 0.2) is 33.2 Å². The number of benzene rings is 1. The topological polar surface area (TPSA) is 26.3 Å². The first-order valence-electron chi connectivity index (χ1n) is 5.17. The third kappa shape index (κ3) is 2.68. The lowest BCUT2D eigenvalue weighted by Gasteiger charge is -2.04. The van der Waals surface area contributed by atoms with Crippen LogP contribution in [0.5, 0.6) is 5.75 Å². The lowest BCUT2D eigenvalue weighted by Crippen LogP contribution is -1.98. The molecular weight excluding hydrogens is 380 g/mol. The molecule has 5 heteroatoms. The second-order valence-corrected chi connectivity index (χ2v) is 6.66. The summed E-state index contributed by atoms with van der Waals surface area (Å²) in [5, 5.41) is 0. The number of hydrogen-bond acceptors (Lipinski definition) is 3. The second-order valence-electron chi connectivity index (χ2n) is 3.69. The van der Waals surface area contributed by atoms with Crippen LogP contribution in [0, 0.1) is 6.92 Å². The fraction of sp³-hybridized carbons (Fsp3) is 0.154. The number of halogens is 2. The van der Waals surface area contributed by atoms with E-state index in [9.17, 15) is 4.79 Å². The Bertz CT molecular complexity index is 586. The van der Waals surface area contributed by atoms with Gasteiger partial charge in [0, 0.05) is 14.9 Å². The summed E-state index contributed by atoms with van der Waals surface area (Å²) in [6.45, 7) is 1.98. The molecule has 0 aliphatic carbocycles. The van der Waals surface area contributed by atoms with Gasteiger partial charge in [-0.15, -0.1) is 11.3 Å². The Morgan fingerprint density at radius 2 is 1.94 bits per heavy atom. The molecule has 1 aromatic carbocycles. The molecule has 2 rings (SSSR count). The Kier molecular flexibility index (Phi) is 4.25. The van der Waals surface area contributed by atoms with Crippen LogP contribution in [0.4, 0.5) is 0 Å². The minimum absolute atomic E-state index is 0.0251. The number of rotatable bonds is 3. The number of ketones is 1. The summed E-state index contributed by atoms with van der Waals surface area (Å²) in [5.41, 5.74) is 0.649. The van der Waals surface area contributed by atoms with Crippen LogP contribution in [0.1, 0.15) is 20.1 Å². The number of carbonyl (C=O) groups excluding carboxylic acids is 1. The van der Waals surface area contributed by atoms with E-state index in [1.807, 2.05) is 13.0 Å². The van der Waals surface area contributed by atoms with Crippen molar-refractivity contribution >= 4 is 49.0 Å². The molecule has 0 aliphatic heterocycles. The molecule has 0 N–H and O–H groups in total. The molecule has 1 aromatic heterocycles. The monoisotopic (exact) mass is 388 g/mol. The lowest BCUT2D eigenvalue weighted by atomic mass is 10.1. The highest BCUT2D eigenvalue weighted by Gasteiger charge is 2.14. The van der Waals surface area contributed by atoms with Crippen molar-refractivity contribution < 1.29 is 9.53 Å². The number of carbonyl (C=O) groups is 1. The maximum absolute atomic E-state index is 12.3. The van der Waals surface area contributed by atoms with Gasteiger partial charge in [0.2, 0.25) is 5.78 Å². The summed E-state index contributed by atoms with van der Waals surface area (Å²) in [6, 6.07) is 7.20. The Labute approximate surface area is 126 Å². The highest BCUT2D eigenvalue weighted by molar-refractivity contribution is 9.10. The van der Waals surface area contributed by atoms with E-state index < -0.39 is 0 Å². The molecule has 0 saturated heterocycles. The zero-order valence-electron chi connectivity index (χ0n) is 9.79. The molecule has 0 bridgehead atoms. The van der Waals surface area contributed by atoms with E-state index in [0.29, 0.717) is 5.56 Å². The molecule has 0 amide bonds. The predicted octanol–water partition coefficient (Wildman–Crippen LogP) is 4.82. The van der Waals surface area contributed by atoms with Crippen LogP contribution < -0.4 is 4.74 Å². The molecular formula is C13H10Br2O2S. The molecule has 0 fully saturated rings. The molecule has 0 spiro atoms. The Morgan fingerprint density at radius 1 is 1.22 bits per heavy atom. The molecule has 0 aliphatic rings. The van der Waals surface area contributed by atoms with Crippen molar-refractivity contribution in [3.8, 4) is 5.75 Å². The quantitative estimate of drug-likeness (QED) is 0.703.